The molecule has 0 spiro atoms. The Hall–Kier alpha value is -2.94. The van der Waals surface area contributed by atoms with Crippen LogP contribution in [0.15, 0.2) is 73.1 Å². The molecule has 4 aromatic rings. The highest BCUT2D eigenvalue weighted by molar-refractivity contribution is 5.82. The second-order valence-corrected chi connectivity index (χ2v) is 5.25. The number of aromatic nitrogens is 3. The molecule has 3 heteroatoms. The molecule has 3 nitrogen and oxygen atoms in total. The number of aryl methyl sites for hydroxylation is 1. The van der Waals surface area contributed by atoms with Crippen LogP contribution in [0.4, 0.5) is 0 Å². The summed E-state index contributed by atoms with van der Waals surface area (Å²) in [6.07, 6.45) is 3.80. The molecular formula is C19H15N3. The van der Waals surface area contributed by atoms with E-state index in [1.54, 1.807) is 0 Å². The molecule has 2 aromatic heterocycles. The highest BCUT2D eigenvalue weighted by atomic mass is 15.1. The van der Waals surface area contributed by atoms with Gasteiger partial charge in [-0.3, -0.25) is 0 Å². The van der Waals surface area contributed by atoms with Crippen molar-refractivity contribution in [1.82, 2.24) is 14.5 Å². The van der Waals surface area contributed by atoms with E-state index in [1.165, 1.54) is 0 Å². The third kappa shape index (κ3) is 2.07. The summed E-state index contributed by atoms with van der Waals surface area (Å²) in [7, 11) is 0. The molecule has 0 atom stereocenters. The average Bonchev–Trinajstić information content (AvgIpc) is 3.00. The van der Waals surface area contributed by atoms with Gasteiger partial charge in [-0.1, -0.05) is 42.5 Å². The largest absolute Gasteiger partial charge is 0.303 e. The van der Waals surface area contributed by atoms with Crippen LogP contribution in [-0.4, -0.2) is 14.5 Å². The van der Waals surface area contributed by atoms with E-state index in [0.29, 0.717) is 0 Å². The fourth-order valence-corrected chi connectivity index (χ4v) is 2.75. The first-order chi connectivity index (χ1) is 10.8. The van der Waals surface area contributed by atoms with Crippen LogP contribution in [0.5, 0.6) is 0 Å². The molecule has 4 rings (SSSR count). The molecule has 0 bridgehead atoms. The van der Waals surface area contributed by atoms with Gasteiger partial charge < -0.3 is 4.57 Å². The SMILES string of the molecule is Cc1nccn1-c1ccccc1-c1ccc2ccccc2n1. The van der Waals surface area contributed by atoms with Gasteiger partial charge in [-0.05, 0) is 25.1 Å². The molecule has 0 saturated carbocycles. The van der Waals surface area contributed by atoms with Crippen molar-refractivity contribution in [2.24, 2.45) is 0 Å². The van der Waals surface area contributed by atoms with Crippen LogP contribution in [0, 0.1) is 6.92 Å². The summed E-state index contributed by atoms with van der Waals surface area (Å²) in [5.41, 5.74) is 4.19. The number of pyridine rings is 1. The predicted molar refractivity (Wildman–Crippen MR) is 89.0 cm³/mol. The van der Waals surface area contributed by atoms with Gasteiger partial charge in [-0.25, -0.2) is 9.97 Å². The summed E-state index contributed by atoms with van der Waals surface area (Å²) in [5, 5.41) is 1.16. The third-order valence-corrected chi connectivity index (χ3v) is 3.86. The summed E-state index contributed by atoms with van der Waals surface area (Å²) >= 11 is 0. The summed E-state index contributed by atoms with van der Waals surface area (Å²) in [6.45, 7) is 2.00. The van der Waals surface area contributed by atoms with E-state index >= 15 is 0 Å². The second-order valence-electron chi connectivity index (χ2n) is 5.25. The molecule has 2 aromatic carbocycles. The molecule has 0 fully saturated rings. The molecule has 0 aliphatic rings. The first-order valence-corrected chi connectivity index (χ1v) is 7.28. The Kier molecular flexibility index (Phi) is 2.97. The van der Waals surface area contributed by atoms with Crippen molar-refractivity contribution in [2.45, 2.75) is 6.92 Å². The standard InChI is InChI=1S/C19H15N3/c1-14-20-12-13-22(14)19-9-5-3-7-16(19)18-11-10-15-6-2-4-8-17(15)21-18/h2-13H,1H3. The first-order valence-electron chi connectivity index (χ1n) is 7.28. The number of hydrogen-bond donors (Lipinski definition) is 0. The van der Waals surface area contributed by atoms with E-state index in [-0.39, 0.29) is 0 Å². The lowest BCUT2D eigenvalue weighted by atomic mass is 10.1. The van der Waals surface area contributed by atoms with Gasteiger partial charge in [0, 0.05) is 23.3 Å². The van der Waals surface area contributed by atoms with Crippen LogP contribution in [0.25, 0.3) is 27.8 Å². The maximum atomic E-state index is 4.81. The van der Waals surface area contributed by atoms with E-state index < -0.39 is 0 Å². The first kappa shape index (κ1) is 12.8. The summed E-state index contributed by atoms with van der Waals surface area (Å²) in [5.74, 6) is 0.966. The highest BCUT2D eigenvalue weighted by Crippen LogP contribution is 2.27. The second kappa shape index (κ2) is 5.11. The molecular weight excluding hydrogens is 270 g/mol. The predicted octanol–water partition coefficient (Wildman–Crippen LogP) is 4.40. The molecule has 0 radical (unpaired) electrons. The van der Waals surface area contributed by atoms with Crippen LogP contribution in [-0.2, 0) is 0 Å². The number of para-hydroxylation sites is 2. The zero-order valence-electron chi connectivity index (χ0n) is 12.3. The van der Waals surface area contributed by atoms with E-state index in [2.05, 4.69) is 39.9 Å². The Bertz CT molecular complexity index is 953. The Morgan fingerprint density at radius 2 is 1.68 bits per heavy atom. The van der Waals surface area contributed by atoms with Crippen molar-refractivity contribution in [3.63, 3.8) is 0 Å². The van der Waals surface area contributed by atoms with Crippen LogP contribution < -0.4 is 0 Å². The van der Waals surface area contributed by atoms with E-state index in [9.17, 15) is 0 Å². The van der Waals surface area contributed by atoms with Crippen molar-refractivity contribution in [3.05, 3.63) is 78.9 Å². The molecule has 0 amide bonds. The van der Waals surface area contributed by atoms with Crippen molar-refractivity contribution < 1.29 is 0 Å². The smallest absolute Gasteiger partial charge is 0.110 e. The fourth-order valence-electron chi connectivity index (χ4n) is 2.75. The van der Waals surface area contributed by atoms with Crippen molar-refractivity contribution in [3.8, 4) is 16.9 Å². The molecule has 0 aliphatic heterocycles. The Balaban J connectivity index is 1.93. The van der Waals surface area contributed by atoms with Gasteiger partial charge in [0.1, 0.15) is 5.82 Å². The summed E-state index contributed by atoms with van der Waals surface area (Å²) < 4.78 is 2.09. The number of benzene rings is 2. The number of rotatable bonds is 2. The zero-order valence-corrected chi connectivity index (χ0v) is 12.3. The van der Waals surface area contributed by atoms with Gasteiger partial charge >= 0.3 is 0 Å². The third-order valence-electron chi connectivity index (χ3n) is 3.86. The molecule has 2 heterocycles. The minimum absolute atomic E-state index is 0.966. The van der Waals surface area contributed by atoms with Crippen LogP contribution in [0.1, 0.15) is 5.82 Å². The fraction of sp³-hybridized carbons (Fsp3) is 0.0526. The number of imidazole rings is 1. The maximum Gasteiger partial charge on any atom is 0.110 e. The molecule has 0 N–H and O–H groups in total. The topological polar surface area (TPSA) is 30.7 Å². The van der Waals surface area contributed by atoms with Gasteiger partial charge in [0.2, 0.25) is 0 Å². The van der Waals surface area contributed by atoms with Crippen molar-refractivity contribution in [1.29, 1.82) is 0 Å². The molecule has 0 aliphatic carbocycles. The summed E-state index contributed by atoms with van der Waals surface area (Å²) in [4.78, 5) is 9.13. The lowest BCUT2D eigenvalue weighted by molar-refractivity contribution is 0.975. The molecule has 22 heavy (non-hydrogen) atoms. The Morgan fingerprint density at radius 3 is 2.55 bits per heavy atom. The van der Waals surface area contributed by atoms with Crippen LogP contribution >= 0.6 is 0 Å². The molecule has 0 unspecified atom stereocenters. The van der Waals surface area contributed by atoms with Crippen molar-refractivity contribution in [2.75, 3.05) is 0 Å². The Morgan fingerprint density at radius 1 is 0.864 bits per heavy atom. The summed E-state index contributed by atoms with van der Waals surface area (Å²) in [6, 6.07) is 20.7. The molecule has 106 valence electrons. The van der Waals surface area contributed by atoms with E-state index in [0.717, 1.165) is 33.7 Å². The van der Waals surface area contributed by atoms with Crippen LogP contribution in [0.3, 0.4) is 0 Å². The number of nitrogens with zero attached hydrogens (tertiary/aromatic N) is 3. The van der Waals surface area contributed by atoms with Gasteiger partial charge in [0.05, 0.1) is 16.9 Å². The number of hydrogen-bond acceptors (Lipinski definition) is 2. The lowest BCUT2D eigenvalue weighted by Gasteiger charge is -2.12. The molecule has 0 saturated heterocycles. The number of fused-ring (bicyclic) bond motifs is 1. The van der Waals surface area contributed by atoms with Crippen LogP contribution in [0.2, 0.25) is 0 Å². The monoisotopic (exact) mass is 285 g/mol. The lowest BCUT2D eigenvalue weighted by Crippen LogP contribution is -1.99. The Labute approximate surface area is 128 Å². The van der Waals surface area contributed by atoms with Gasteiger partial charge in [-0.15, -0.1) is 0 Å². The van der Waals surface area contributed by atoms with Gasteiger partial charge in [-0.2, -0.15) is 0 Å². The maximum absolute atomic E-state index is 4.81. The minimum atomic E-state index is 0.966. The quantitative estimate of drug-likeness (QED) is 0.546. The van der Waals surface area contributed by atoms with Gasteiger partial charge in [0.15, 0.2) is 0 Å². The normalized spacial score (nSPS) is 11.0. The zero-order chi connectivity index (χ0) is 14.9. The van der Waals surface area contributed by atoms with E-state index in [4.69, 9.17) is 4.98 Å². The van der Waals surface area contributed by atoms with E-state index in [1.807, 2.05) is 49.6 Å². The van der Waals surface area contributed by atoms with Crippen molar-refractivity contribution >= 4 is 10.9 Å². The minimum Gasteiger partial charge on any atom is -0.303 e. The average molecular weight is 285 g/mol. The highest BCUT2D eigenvalue weighted by Gasteiger charge is 2.09. The van der Waals surface area contributed by atoms with Gasteiger partial charge in [0.25, 0.3) is 0 Å².